The van der Waals surface area contributed by atoms with Gasteiger partial charge in [0.2, 0.25) is 5.82 Å². The zero-order chi connectivity index (χ0) is 21.6. The number of ether oxygens (including phenoxy) is 1. The second-order valence-corrected chi connectivity index (χ2v) is 7.78. The van der Waals surface area contributed by atoms with Crippen molar-refractivity contribution in [2.45, 2.75) is 78.1 Å². The molecule has 0 saturated heterocycles. The molecule has 0 bridgehead atoms. The normalized spacial score (nSPS) is 11.3. The first kappa shape index (κ1) is 24.0. The number of hydrogen-bond acceptors (Lipinski definition) is 2. The fourth-order valence-electron chi connectivity index (χ4n) is 3.29. The third-order valence-corrected chi connectivity index (χ3v) is 5.18. The van der Waals surface area contributed by atoms with Crippen LogP contribution in [0.25, 0.3) is 0 Å². The highest BCUT2D eigenvalue weighted by molar-refractivity contribution is 5.82. The van der Waals surface area contributed by atoms with Crippen LogP contribution in [0.1, 0.15) is 82.8 Å². The number of aryl methyl sites for hydroxylation is 1. The molecule has 2 aromatic carbocycles. The van der Waals surface area contributed by atoms with Gasteiger partial charge in [-0.25, -0.2) is 4.39 Å². The standard InChI is InChI=1S/C26H35F2NO/c1-3-5-7-8-9-11-19-30-24-18-17-23(25(27)26(24)28)29-20-22-15-13-21(14-16-22)12-10-6-4-2/h13-18,20H,3-12,19H2,1-2H3/b29-20-. The summed E-state index contributed by atoms with van der Waals surface area (Å²) >= 11 is 0. The van der Waals surface area contributed by atoms with Crippen molar-refractivity contribution in [1.82, 2.24) is 0 Å². The Kier molecular flexibility index (Phi) is 11.1. The summed E-state index contributed by atoms with van der Waals surface area (Å²) in [5.74, 6) is -1.98. The average molecular weight is 416 g/mol. The van der Waals surface area contributed by atoms with Crippen molar-refractivity contribution in [3.05, 3.63) is 59.2 Å². The molecule has 0 aliphatic rings. The summed E-state index contributed by atoms with van der Waals surface area (Å²) in [7, 11) is 0. The van der Waals surface area contributed by atoms with Crippen LogP contribution in [0, 0.1) is 11.6 Å². The largest absolute Gasteiger partial charge is 0.490 e. The molecule has 30 heavy (non-hydrogen) atoms. The molecule has 2 rings (SSSR count). The van der Waals surface area contributed by atoms with Gasteiger partial charge in [0.05, 0.1) is 6.61 Å². The molecule has 0 unspecified atom stereocenters. The van der Waals surface area contributed by atoms with Crippen LogP contribution in [0.2, 0.25) is 0 Å². The van der Waals surface area contributed by atoms with Gasteiger partial charge in [-0.2, -0.15) is 4.39 Å². The smallest absolute Gasteiger partial charge is 0.202 e. The van der Waals surface area contributed by atoms with Gasteiger partial charge < -0.3 is 4.74 Å². The number of unbranched alkanes of at least 4 members (excludes halogenated alkanes) is 7. The van der Waals surface area contributed by atoms with Gasteiger partial charge in [0.25, 0.3) is 0 Å². The van der Waals surface area contributed by atoms with Gasteiger partial charge in [-0.15, -0.1) is 0 Å². The summed E-state index contributed by atoms with van der Waals surface area (Å²) in [6.07, 6.45) is 12.9. The Hall–Kier alpha value is -2.23. The van der Waals surface area contributed by atoms with E-state index in [9.17, 15) is 8.78 Å². The molecule has 0 saturated carbocycles. The zero-order valence-electron chi connectivity index (χ0n) is 18.4. The van der Waals surface area contributed by atoms with Crippen LogP contribution in [-0.4, -0.2) is 12.8 Å². The van der Waals surface area contributed by atoms with Crippen LogP contribution in [0.4, 0.5) is 14.5 Å². The summed E-state index contributed by atoms with van der Waals surface area (Å²) in [6, 6.07) is 11.0. The SMILES string of the molecule is CCCCCCCCOc1ccc(/N=C\c2ccc(CCCCC)cc2)c(F)c1F. The van der Waals surface area contributed by atoms with Gasteiger partial charge in [-0.05, 0) is 42.5 Å². The number of benzene rings is 2. The number of aliphatic imine (C=N–C) groups is 1. The molecule has 0 atom stereocenters. The highest BCUT2D eigenvalue weighted by Gasteiger charge is 2.14. The Morgan fingerprint density at radius 1 is 0.767 bits per heavy atom. The highest BCUT2D eigenvalue weighted by atomic mass is 19.2. The van der Waals surface area contributed by atoms with Crippen molar-refractivity contribution in [3.63, 3.8) is 0 Å². The van der Waals surface area contributed by atoms with E-state index >= 15 is 0 Å². The maximum atomic E-state index is 14.3. The van der Waals surface area contributed by atoms with Crippen molar-refractivity contribution in [3.8, 4) is 5.75 Å². The molecule has 0 amide bonds. The van der Waals surface area contributed by atoms with Crippen molar-refractivity contribution < 1.29 is 13.5 Å². The molecule has 0 fully saturated rings. The third-order valence-electron chi connectivity index (χ3n) is 5.18. The minimum atomic E-state index is -0.970. The Morgan fingerprint density at radius 2 is 1.43 bits per heavy atom. The molecule has 0 heterocycles. The molecule has 0 spiro atoms. The van der Waals surface area contributed by atoms with Crippen LogP contribution >= 0.6 is 0 Å². The first-order valence-corrected chi connectivity index (χ1v) is 11.4. The summed E-state index contributed by atoms with van der Waals surface area (Å²) in [5.41, 5.74) is 2.12. The Balaban J connectivity index is 1.87. The fraction of sp³-hybridized carbons (Fsp3) is 0.500. The van der Waals surface area contributed by atoms with Crippen LogP contribution in [0.15, 0.2) is 41.4 Å². The van der Waals surface area contributed by atoms with E-state index in [-0.39, 0.29) is 11.4 Å². The Bertz CT molecular complexity index is 771. The molecule has 2 aromatic rings. The Morgan fingerprint density at radius 3 is 2.17 bits per heavy atom. The van der Waals surface area contributed by atoms with E-state index in [2.05, 4.69) is 31.0 Å². The van der Waals surface area contributed by atoms with Gasteiger partial charge in [-0.1, -0.05) is 83.1 Å². The van der Waals surface area contributed by atoms with Gasteiger partial charge in [0.15, 0.2) is 11.6 Å². The van der Waals surface area contributed by atoms with Crippen molar-refractivity contribution in [2.75, 3.05) is 6.61 Å². The lowest BCUT2D eigenvalue weighted by atomic mass is 10.1. The predicted molar refractivity (Wildman–Crippen MR) is 122 cm³/mol. The zero-order valence-corrected chi connectivity index (χ0v) is 18.4. The second-order valence-electron chi connectivity index (χ2n) is 7.78. The minimum absolute atomic E-state index is 0.0218. The minimum Gasteiger partial charge on any atom is -0.490 e. The molecule has 0 N–H and O–H groups in total. The number of nitrogens with zero attached hydrogens (tertiary/aromatic N) is 1. The molecular weight excluding hydrogens is 380 g/mol. The van der Waals surface area contributed by atoms with Crippen molar-refractivity contribution in [2.24, 2.45) is 4.99 Å². The molecule has 0 aliphatic carbocycles. The summed E-state index contributed by atoms with van der Waals surface area (Å²) in [5, 5.41) is 0. The number of halogens is 2. The Labute approximate surface area is 180 Å². The van der Waals surface area contributed by atoms with Crippen LogP contribution in [-0.2, 0) is 6.42 Å². The fourth-order valence-corrected chi connectivity index (χ4v) is 3.29. The summed E-state index contributed by atoms with van der Waals surface area (Å²) in [6.45, 7) is 4.77. The van der Waals surface area contributed by atoms with E-state index in [4.69, 9.17) is 4.74 Å². The van der Waals surface area contributed by atoms with E-state index in [1.54, 1.807) is 6.21 Å². The summed E-state index contributed by atoms with van der Waals surface area (Å²) < 4.78 is 34.1. The van der Waals surface area contributed by atoms with Crippen molar-refractivity contribution in [1.29, 1.82) is 0 Å². The molecule has 2 nitrogen and oxygen atoms in total. The van der Waals surface area contributed by atoms with E-state index < -0.39 is 11.6 Å². The molecule has 0 aliphatic heterocycles. The van der Waals surface area contributed by atoms with Gasteiger partial charge in [0, 0.05) is 6.21 Å². The first-order valence-electron chi connectivity index (χ1n) is 11.4. The lowest BCUT2D eigenvalue weighted by molar-refractivity contribution is 0.285. The molecule has 0 aromatic heterocycles. The highest BCUT2D eigenvalue weighted by Crippen LogP contribution is 2.28. The van der Waals surface area contributed by atoms with Gasteiger partial charge in [0.1, 0.15) is 5.69 Å². The average Bonchev–Trinajstić information content (AvgIpc) is 2.76. The molecule has 0 radical (unpaired) electrons. The summed E-state index contributed by atoms with van der Waals surface area (Å²) in [4.78, 5) is 4.13. The van der Waals surface area contributed by atoms with Crippen LogP contribution < -0.4 is 4.74 Å². The lowest BCUT2D eigenvalue weighted by Crippen LogP contribution is -2.01. The molecule has 4 heteroatoms. The maximum Gasteiger partial charge on any atom is 0.202 e. The lowest BCUT2D eigenvalue weighted by Gasteiger charge is -2.09. The maximum absolute atomic E-state index is 14.3. The van der Waals surface area contributed by atoms with E-state index in [0.29, 0.717) is 6.61 Å². The monoisotopic (exact) mass is 415 g/mol. The van der Waals surface area contributed by atoms with E-state index in [0.717, 1.165) is 31.2 Å². The van der Waals surface area contributed by atoms with Gasteiger partial charge in [-0.3, -0.25) is 4.99 Å². The van der Waals surface area contributed by atoms with Gasteiger partial charge >= 0.3 is 0 Å². The number of hydrogen-bond donors (Lipinski definition) is 0. The molecular formula is C26H35F2NO. The topological polar surface area (TPSA) is 21.6 Å². The quantitative estimate of drug-likeness (QED) is 0.225. The predicted octanol–water partition coefficient (Wildman–Crippen LogP) is 8.19. The van der Waals surface area contributed by atoms with Crippen LogP contribution in [0.3, 0.4) is 0 Å². The third kappa shape index (κ3) is 8.25. The van der Waals surface area contributed by atoms with Crippen molar-refractivity contribution >= 4 is 11.9 Å². The molecule has 164 valence electrons. The number of rotatable bonds is 14. The second kappa shape index (κ2) is 13.9. The first-order chi connectivity index (χ1) is 14.7. The van der Waals surface area contributed by atoms with E-state index in [1.165, 1.54) is 56.2 Å². The van der Waals surface area contributed by atoms with E-state index in [1.807, 2.05) is 12.1 Å². The van der Waals surface area contributed by atoms with Crippen LogP contribution in [0.5, 0.6) is 5.75 Å².